The summed E-state index contributed by atoms with van der Waals surface area (Å²) in [5.74, 6) is 0.785. The minimum absolute atomic E-state index is 0.302. The van der Waals surface area contributed by atoms with Gasteiger partial charge in [0.1, 0.15) is 5.82 Å². The van der Waals surface area contributed by atoms with Gasteiger partial charge in [0, 0.05) is 47.1 Å². The Labute approximate surface area is 191 Å². The van der Waals surface area contributed by atoms with E-state index in [4.69, 9.17) is 23.1 Å². The van der Waals surface area contributed by atoms with E-state index in [-0.39, 0.29) is 0 Å². The Kier molecular flexibility index (Phi) is 5.57. The number of aliphatic hydroxyl groups is 1. The van der Waals surface area contributed by atoms with Gasteiger partial charge >= 0.3 is 0 Å². The van der Waals surface area contributed by atoms with Gasteiger partial charge < -0.3 is 15.4 Å². The van der Waals surface area contributed by atoms with Gasteiger partial charge in [-0.25, -0.2) is 4.98 Å². The molecular weight excluding hydrogens is 424 g/mol. The first-order valence-electron chi connectivity index (χ1n) is 10.7. The SMILES string of the molecule is Nc1ccc(-c2c(C3CCN(C(N)O)CC3)c3ccncc3n2-c2ccc(Cl)cc2)cn1. The number of piperidine rings is 1. The summed E-state index contributed by atoms with van der Waals surface area (Å²) in [6.45, 7) is 1.47. The van der Waals surface area contributed by atoms with Crippen molar-refractivity contribution >= 4 is 28.3 Å². The van der Waals surface area contributed by atoms with Crippen molar-refractivity contribution < 1.29 is 5.11 Å². The molecule has 1 aromatic carbocycles. The molecular formula is C24H25ClN6O. The summed E-state index contributed by atoms with van der Waals surface area (Å²) in [5.41, 5.74) is 16.9. The van der Waals surface area contributed by atoms with Crippen molar-refractivity contribution in [2.24, 2.45) is 5.73 Å². The third kappa shape index (κ3) is 3.73. The Morgan fingerprint density at radius 1 is 1.03 bits per heavy atom. The summed E-state index contributed by atoms with van der Waals surface area (Å²) in [6.07, 6.45) is 6.43. The summed E-state index contributed by atoms with van der Waals surface area (Å²) in [6, 6.07) is 13.7. The van der Waals surface area contributed by atoms with E-state index in [2.05, 4.69) is 20.6 Å². The topological polar surface area (TPSA) is 106 Å². The maximum absolute atomic E-state index is 9.80. The second-order valence-electron chi connectivity index (χ2n) is 8.16. The summed E-state index contributed by atoms with van der Waals surface area (Å²) in [7, 11) is 0. The number of anilines is 1. The van der Waals surface area contributed by atoms with Crippen LogP contribution in [0, 0.1) is 0 Å². The van der Waals surface area contributed by atoms with Gasteiger partial charge in [-0.2, -0.15) is 0 Å². The molecule has 5 rings (SSSR count). The Bertz CT molecular complexity index is 1230. The first kappa shape index (κ1) is 20.9. The minimum Gasteiger partial charge on any atom is -0.384 e. The predicted octanol–water partition coefficient (Wildman–Crippen LogP) is 3.74. The van der Waals surface area contributed by atoms with E-state index in [0.29, 0.717) is 16.8 Å². The number of likely N-dealkylation sites (tertiary alicyclic amines) is 1. The highest BCUT2D eigenvalue weighted by molar-refractivity contribution is 6.30. The van der Waals surface area contributed by atoms with E-state index in [9.17, 15) is 5.11 Å². The summed E-state index contributed by atoms with van der Waals surface area (Å²) < 4.78 is 2.23. The highest BCUT2D eigenvalue weighted by Crippen LogP contribution is 2.43. The molecule has 7 nitrogen and oxygen atoms in total. The number of aromatic nitrogens is 3. The van der Waals surface area contributed by atoms with E-state index >= 15 is 0 Å². The van der Waals surface area contributed by atoms with E-state index in [1.54, 1.807) is 0 Å². The highest BCUT2D eigenvalue weighted by Gasteiger charge is 2.30. The van der Waals surface area contributed by atoms with E-state index in [0.717, 1.165) is 53.8 Å². The van der Waals surface area contributed by atoms with Gasteiger partial charge in [-0.3, -0.25) is 15.6 Å². The normalized spacial score (nSPS) is 16.5. The van der Waals surface area contributed by atoms with Gasteiger partial charge in [-0.15, -0.1) is 0 Å². The fourth-order valence-electron chi connectivity index (χ4n) is 4.71. The zero-order valence-electron chi connectivity index (χ0n) is 17.5. The van der Waals surface area contributed by atoms with Crippen molar-refractivity contribution in [2.75, 3.05) is 18.8 Å². The number of hydrogen-bond donors (Lipinski definition) is 3. The van der Waals surface area contributed by atoms with Crippen LogP contribution in [-0.2, 0) is 0 Å². The second kappa shape index (κ2) is 8.52. The summed E-state index contributed by atoms with van der Waals surface area (Å²) in [4.78, 5) is 10.7. The first-order valence-corrected chi connectivity index (χ1v) is 11.0. The van der Waals surface area contributed by atoms with E-state index in [1.807, 2.05) is 59.9 Å². The highest BCUT2D eigenvalue weighted by atomic mass is 35.5. The molecule has 1 atom stereocenters. The average molecular weight is 449 g/mol. The number of pyridine rings is 2. The fourth-order valence-corrected chi connectivity index (χ4v) is 4.84. The molecule has 4 heterocycles. The van der Waals surface area contributed by atoms with Crippen LogP contribution in [0.15, 0.2) is 61.1 Å². The van der Waals surface area contributed by atoms with Gasteiger partial charge in [0.15, 0.2) is 6.35 Å². The Morgan fingerprint density at radius 3 is 2.44 bits per heavy atom. The lowest BCUT2D eigenvalue weighted by atomic mass is 9.86. The lowest BCUT2D eigenvalue weighted by Gasteiger charge is -2.34. The molecule has 32 heavy (non-hydrogen) atoms. The number of nitrogen functional groups attached to an aromatic ring is 1. The number of aliphatic hydroxyl groups excluding tert-OH is 1. The van der Waals surface area contributed by atoms with E-state index < -0.39 is 6.35 Å². The molecule has 0 aliphatic carbocycles. The molecule has 1 aliphatic rings. The first-order chi connectivity index (χ1) is 15.5. The minimum atomic E-state index is -0.920. The van der Waals surface area contributed by atoms with E-state index in [1.165, 1.54) is 5.56 Å². The Hall–Kier alpha value is -2.97. The van der Waals surface area contributed by atoms with Crippen molar-refractivity contribution in [1.29, 1.82) is 0 Å². The number of halogens is 1. The maximum atomic E-state index is 9.80. The van der Waals surface area contributed by atoms with Crippen LogP contribution in [0.2, 0.25) is 5.02 Å². The number of nitrogens with two attached hydrogens (primary N) is 2. The van der Waals surface area contributed by atoms with Crippen molar-refractivity contribution in [2.45, 2.75) is 25.1 Å². The van der Waals surface area contributed by atoms with Crippen LogP contribution in [0.5, 0.6) is 0 Å². The molecule has 164 valence electrons. The van der Waals surface area contributed by atoms with Gasteiger partial charge in [-0.05, 0) is 66.8 Å². The number of benzene rings is 1. The van der Waals surface area contributed by atoms with Crippen LogP contribution in [0.25, 0.3) is 27.8 Å². The van der Waals surface area contributed by atoms with Crippen molar-refractivity contribution in [3.05, 3.63) is 71.6 Å². The maximum Gasteiger partial charge on any atom is 0.160 e. The number of hydrogen-bond acceptors (Lipinski definition) is 6. The molecule has 0 saturated carbocycles. The second-order valence-corrected chi connectivity index (χ2v) is 8.60. The molecule has 3 aromatic heterocycles. The molecule has 0 spiro atoms. The smallest absolute Gasteiger partial charge is 0.160 e. The van der Waals surface area contributed by atoms with Gasteiger partial charge in [0.25, 0.3) is 0 Å². The number of fused-ring (bicyclic) bond motifs is 1. The van der Waals surface area contributed by atoms with Crippen LogP contribution in [0.1, 0.15) is 24.3 Å². The van der Waals surface area contributed by atoms with Crippen LogP contribution >= 0.6 is 11.6 Å². The van der Waals surface area contributed by atoms with Crippen molar-refractivity contribution in [1.82, 2.24) is 19.4 Å². The van der Waals surface area contributed by atoms with Crippen LogP contribution in [-0.4, -0.2) is 44.0 Å². The third-order valence-corrected chi connectivity index (χ3v) is 6.52. The number of nitrogens with zero attached hydrogens (tertiary/aromatic N) is 4. The van der Waals surface area contributed by atoms with Gasteiger partial charge in [0.2, 0.25) is 0 Å². The monoisotopic (exact) mass is 448 g/mol. The van der Waals surface area contributed by atoms with Crippen LogP contribution in [0.3, 0.4) is 0 Å². The molecule has 4 aromatic rings. The fraction of sp³-hybridized carbons (Fsp3) is 0.250. The molecule has 1 saturated heterocycles. The molecule has 1 unspecified atom stereocenters. The summed E-state index contributed by atoms with van der Waals surface area (Å²) in [5, 5.41) is 11.6. The molecule has 5 N–H and O–H groups in total. The van der Waals surface area contributed by atoms with Crippen LogP contribution < -0.4 is 11.5 Å². The molecule has 0 radical (unpaired) electrons. The zero-order chi connectivity index (χ0) is 22.2. The predicted molar refractivity (Wildman–Crippen MR) is 127 cm³/mol. The van der Waals surface area contributed by atoms with Crippen molar-refractivity contribution in [3.8, 4) is 16.9 Å². The summed E-state index contributed by atoms with van der Waals surface area (Å²) >= 11 is 6.18. The largest absolute Gasteiger partial charge is 0.384 e. The lowest BCUT2D eigenvalue weighted by Crippen LogP contribution is -2.45. The zero-order valence-corrected chi connectivity index (χ0v) is 18.3. The molecule has 0 amide bonds. The van der Waals surface area contributed by atoms with Crippen molar-refractivity contribution in [3.63, 3.8) is 0 Å². The van der Waals surface area contributed by atoms with Crippen LogP contribution in [0.4, 0.5) is 5.82 Å². The third-order valence-electron chi connectivity index (χ3n) is 6.27. The quantitative estimate of drug-likeness (QED) is 0.410. The van der Waals surface area contributed by atoms with Gasteiger partial charge in [0.05, 0.1) is 17.4 Å². The Balaban J connectivity index is 1.75. The average Bonchev–Trinajstić information content (AvgIpc) is 3.15. The molecule has 0 bridgehead atoms. The lowest BCUT2D eigenvalue weighted by molar-refractivity contribution is -0.00590. The molecule has 1 aliphatic heterocycles. The molecule has 8 heteroatoms. The van der Waals surface area contributed by atoms with Gasteiger partial charge in [-0.1, -0.05) is 11.6 Å². The molecule has 1 fully saturated rings. The Morgan fingerprint density at radius 2 is 1.78 bits per heavy atom. The standard InChI is InChI=1S/C24H25ClN6O/c25-17-2-4-18(5-3-17)31-20-14-28-10-7-19(20)22(15-8-11-30(12-9-15)24(27)32)23(31)16-1-6-21(26)29-13-16/h1-7,10,13-15,24,32H,8-9,11-12,27H2,(H2,26,29). The number of rotatable bonds is 4.